The Kier molecular flexibility index (Phi) is 2.11. The molecular formula is C9H6N4O. The van der Waals surface area contributed by atoms with Gasteiger partial charge in [-0.1, -0.05) is 0 Å². The van der Waals surface area contributed by atoms with Crippen molar-refractivity contribution in [3.63, 3.8) is 0 Å². The first-order valence-electron chi connectivity index (χ1n) is 3.90. The average molecular weight is 186 g/mol. The minimum Gasteiger partial charge on any atom is -0.463 e. The van der Waals surface area contributed by atoms with E-state index in [0.717, 1.165) is 0 Å². The summed E-state index contributed by atoms with van der Waals surface area (Å²) in [6.07, 6.45) is 5.80. The third-order valence-electron chi connectivity index (χ3n) is 1.64. The summed E-state index contributed by atoms with van der Waals surface area (Å²) in [5.74, 6) is 0.581. The van der Waals surface area contributed by atoms with Crippen LogP contribution in [-0.2, 0) is 0 Å². The Balaban J connectivity index is 2.47. The quantitative estimate of drug-likeness (QED) is 0.662. The van der Waals surface area contributed by atoms with Crippen molar-refractivity contribution >= 4 is 5.70 Å². The maximum absolute atomic E-state index is 8.60. The summed E-state index contributed by atoms with van der Waals surface area (Å²) in [6.45, 7) is 0. The van der Waals surface area contributed by atoms with Crippen molar-refractivity contribution in [1.29, 1.82) is 5.26 Å². The first-order valence-corrected chi connectivity index (χ1v) is 3.90. The van der Waals surface area contributed by atoms with Crippen LogP contribution in [0.2, 0.25) is 0 Å². The first kappa shape index (κ1) is 8.26. The van der Waals surface area contributed by atoms with Crippen molar-refractivity contribution in [2.24, 2.45) is 0 Å². The normalized spacial score (nSPS) is 11.2. The van der Waals surface area contributed by atoms with Gasteiger partial charge in [0.2, 0.25) is 0 Å². The second-order valence-corrected chi connectivity index (χ2v) is 2.48. The molecule has 5 heteroatoms. The van der Waals surface area contributed by atoms with E-state index in [2.05, 4.69) is 10.1 Å². The van der Waals surface area contributed by atoms with Crippen molar-refractivity contribution in [2.45, 2.75) is 0 Å². The highest BCUT2D eigenvalue weighted by Crippen LogP contribution is 2.15. The highest BCUT2D eigenvalue weighted by atomic mass is 16.3. The number of nitriles is 1. The molecule has 0 amide bonds. The molecule has 2 heterocycles. The number of furan rings is 1. The van der Waals surface area contributed by atoms with Gasteiger partial charge in [0.05, 0.1) is 12.3 Å². The predicted molar refractivity (Wildman–Crippen MR) is 47.7 cm³/mol. The zero-order valence-corrected chi connectivity index (χ0v) is 7.16. The van der Waals surface area contributed by atoms with Gasteiger partial charge in [-0.15, -0.1) is 0 Å². The minimum absolute atomic E-state index is 0.565. The van der Waals surface area contributed by atoms with E-state index in [1.807, 2.05) is 6.07 Å². The lowest BCUT2D eigenvalue weighted by Gasteiger charge is -2.00. The monoisotopic (exact) mass is 186 g/mol. The topological polar surface area (TPSA) is 67.6 Å². The lowest BCUT2D eigenvalue weighted by Crippen LogP contribution is -1.97. The molecular weight excluding hydrogens is 180 g/mol. The van der Waals surface area contributed by atoms with E-state index in [9.17, 15) is 0 Å². The number of nitrogens with zero attached hydrogens (tertiary/aromatic N) is 4. The van der Waals surface area contributed by atoms with Crippen LogP contribution in [0.3, 0.4) is 0 Å². The minimum atomic E-state index is 0.565. The van der Waals surface area contributed by atoms with Gasteiger partial charge >= 0.3 is 0 Å². The third kappa shape index (κ3) is 1.41. The average Bonchev–Trinajstić information content (AvgIpc) is 2.87. The molecule has 0 aliphatic carbocycles. The smallest absolute Gasteiger partial charge is 0.153 e. The van der Waals surface area contributed by atoms with Crippen LogP contribution in [-0.4, -0.2) is 14.8 Å². The number of aromatic nitrogens is 3. The molecule has 0 saturated heterocycles. The van der Waals surface area contributed by atoms with Crippen LogP contribution in [0.15, 0.2) is 41.5 Å². The van der Waals surface area contributed by atoms with E-state index in [0.29, 0.717) is 11.5 Å². The van der Waals surface area contributed by atoms with Gasteiger partial charge in [-0.05, 0) is 12.1 Å². The third-order valence-corrected chi connectivity index (χ3v) is 1.64. The zero-order valence-electron chi connectivity index (χ0n) is 7.16. The van der Waals surface area contributed by atoms with Gasteiger partial charge in [0.25, 0.3) is 0 Å². The predicted octanol–water partition coefficient (Wildman–Crippen LogP) is 1.28. The second kappa shape index (κ2) is 3.58. The maximum atomic E-state index is 8.60. The van der Waals surface area contributed by atoms with E-state index in [4.69, 9.17) is 9.68 Å². The second-order valence-electron chi connectivity index (χ2n) is 2.48. The summed E-state index contributed by atoms with van der Waals surface area (Å²) in [7, 11) is 0. The summed E-state index contributed by atoms with van der Waals surface area (Å²) in [4.78, 5) is 3.80. The summed E-state index contributed by atoms with van der Waals surface area (Å²) in [6, 6.07) is 5.44. The fourth-order valence-corrected chi connectivity index (χ4v) is 1.07. The lowest BCUT2D eigenvalue weighted by atomic mass is 10.3. The van der Waals surface area contributed by atoms with Gasteiger partial charge in [0.15, 0.2) is 5.76 Å². The molecule has 0 aliphatic rings. The Morgan fingerprint density at radius 2 is 2.57 bits per heavy atom. The molecule has 68 valence electrons. The number of rotatable bonds is 2. The molecule has 0 radical (unpaired) electrons. The van der Waals surface area contributed by atoms with Crippen LogP contribution in [0.25, 0.3) is 5.70 Å². The van der Waals surface area contributed by atoms with E-state index in [-0.39, 0.29) is 0 Å². The lowest BCUT2D eigenvalue weighted by molar-refractivity contribution is 0.546. The number of allylic oxidation sites excluding steroid dienone is 1. The molecule has 0 aliphatic heterocycles. The molecule has 5 nitrogen and oxygen atoms in total. The van der Waals surface area contributed by atoms with Gasteiger partial charge in [-0.2, -0.15) is 10.4 Å². The van der Waals surface area contributed by atoms with Crippen molar-refractivity contribution in [2.75, 3.05) is 0 Å². The van der Waals surface area contributed by atoms with Crippen LogP contribution in [0.5, 0.6) is 0 Å². The standard InChI is InChI=1S/C9H6N4O/c10-4-3-8(9-2-1-5-14-9)13-7-11-6-12-13/h1-3,5-7H/b8-3-. The fraction of sp³-hybridized carbons (Fsp3) is 0. The zero-order chi connectivity index (χ0) is 9.80. The van der Waals surface area contributed by atoms with E-state index < -0.39 is 0 Å². The maximum Gasteiger partial charge on any atom is 0.153 e. The van der Waals surface area contributed by atoms with Crippen molar-refractivity contribution in [1.82, 2.24) is 14.8 Å². The Bertz CT molecular complexity index is 425. The highest BCUT2D eigenvalue weighted by Gasteiger charge is 2.06. The highest BCUT2D eigenvalue weighted by molar-refractivity contribution is 5.62. The molecule has 0 aromatic carbocycles. The molecule has 2 aromatic rings. The Morgan fingerprint density at radius 3 is 3.14 bits per heavy atom. The Morgan fingerprint density at radius 1 is 1.64 bits per heavy atom. The van der Waals surface area contributed by atoms with Crippen LogP contribution in [0.4, 0.5) is 0 Å². The first-order chi connectivity index (χ1) is 6.92. The van der Waals surface area contributed by atoms with Gasteiger partial charge in [0, 0.05) is 6.08 Å². The van der Waals surface area contributed by atoms with Crippen molar-refractivity contribution in [3.8, 4) is 6.07 Å². The SMILES string of the molecule is N#C/C=C(/c1ccco1)n1cncn1. The summed E-state index contributed by atoms with van der Waals surface area (Å²) >= 11 is 0. The Labute approximate surface area is 79.9 Å². The van der Waals surface area contributed by atoms with Gasteiger partial charge < -0.3 is 4.42 Å². The molecule has 0 atom stereocenters. The molecule has 0 N–H and O–H groups in total. The van der Waals surface area contributed by atoms with Crippen LogP contribution in [0, 0.1) is 11.3 Å². The largest absolute Gasteiger partial charge is 0.463 e. The molecule has 2 aromatic heterocycles. The van der Waals surface area contributed by atoms with Crippen molar-refractivity contribution in [3.05, 3.63) is 42.9 Å². The van der Waals surface area contributed by atoms with Crippen LogP contribution in [0.1, 0.15) is 5.76 Å². The van der Waals surface area contributed by atoms with E-state index in [1.54, 1.807) is 12.1 Å². The van der Waals surface area contributed by atoms with E-state index in [1.165, 1.54) is 29.7 Å². The van der Waals surface area contributed by atoms with Gasteiger partial charge in [0.1, 0.15) is 18.4 Å². The summed E-state index contributed by atoms with van der Waals surface area (Å²) < 4.78 is 6.64. The van der Waals surface area contributed by atoms with Gasteiger partial charge in [-0.25, -0.2) is 9.67 Å². The molecule has 0 saturated carbocycles. The Hall–Kier alpha value is -2.35. The number of hydrogen-bond donors (Lipinski definition) is 0. The van der Waals surface area contributed by atoms with E-state index >= 15 is 0 Å². The van der Waals surface area contributed by atoms with Gasteiger partial charge in [-0.3, -0.25) is 0 Å². The molecule has 0 spiro atoms. The van der Waals surface area contributed by atoms with Crippen molar-refractivity contribution < 1.29 is 4.42 Å². The van der Waals surface area contributed by atoms with Crippen LogP contribution < -0.4 is 0 Å². The molecule has 0 fully saturated rings. The summed E-state index contributed by atoms with van der Waals surface area (Å²) in [5, 5.41) is 12.5. The molecule has 0 unspecified atom stereocenters. The number of hydrogen-bond acceptors (Lipinski definition) is 4. The molecule has 2 rings (SSSR count). The molecule has 14 heavy (non-hydrogen) atoms. The summed E-state index contributed by atoms with van der Waals surface area (Å²) in [5.41, 5.74) is 0.565. The fourth-order valence-electron chi connectivity index (χ4n) is 1.07. The van der Waals surface area contributed by atoms with Crippen LogP contribution >= 0.6 is 0 Å². The molecule has 0 bridgehead atoms.